The smallest absolute Gasteiger partial charge is 0.294 e. The number of likely N-dealkylation sites (N-methyl/N-ethyl adjacent to an activating group) is 1. The van der Waals surface area contributed by atoms with Gasteiger partial charge in [0.25, 0.3) is 28.3 Å². The Labute approximate surface area is 772 Å². The summed E-state index contributed by atoms with van der Waals surface area (Å²) in [6.07, 6.45) is 15.2. The van der Waals surface area contributed by atoms with Gasteiger partial charge in [-0.2, -0.15) is 15.0 Å². The Balaban J connectivity index is 0.000000148. The van der Waals surface area contributed by atoms with Crippen molar-refractivity contribution in [3.8, 4) is 17.2 Å². The average Bonchev–Trinajstić information content (AvgIpc) is 0.791. The van der Waals surface area contributed by atoms with Crippen molar-refractivity contribution in [2.24, 2.45) is 33.0 Å². The van der Waals surface area contributed by atoms with Gasteiger partial charge >= 0.3 is 0 Å². The van der Waals surface area contributed by atoms with E-state index in [0.29, 0.717) is 78.6 Å². The number of carbonyl (C=O) groups excluding carboxylic acids is 3. The second-order valence-electron chi connectivity index (χ2n) is 33.3. The predicted octanol–water partition coefficient (Wildman–Crippen LogP) is 16.2. The maximum absolute atomic E-state index is 12.7. The molecule has 11 aromatic rings. The van der Waals surface area contributed by atoms with Crippen LogP contribution in [0.2, 0.25) is 20.1 Å². The van der Waals surface area contributed by atoms with E-state index in [1.54, 1.807) is 86.2 Å². The Hall–Kier alpha value is -12.4. The summed E-state index contributed by atoms with van der Waals surface area (Å²) in [4.78, 5) is 123. The van der Waals surface area contributed by atoms with Gasteiger partial charge in [-0.15, -0.1) is 0 Å². The van der Waals surface area contributed by atoms with Gasteiger partial charge in [0, 0.05) is 165 Å². The first-order valence-corrected chi connectivity index (χ1v) is 44.5. The number of ether oxygens (including phenoxy) is 5. The van der Waals surface area contributed by atoms with Crippen LogP contribution >= 0.6 is 46.4 Å². The molecule has 4 N–H and O–H groups in total. The Kier molecular flexibility index (Phi) is 31.4. The van der Waals surface area contributed by atoms with E-state index in [9.17, 15) is 38.9 Å². The van der Waals surface area contributed by atoms with Crippen LogP contribution in [0.25, 0.3) is 32.7 Å². The summed E-state index contributed by atoms with van der Waals surface area (Å²) in [7, 11) is 13.8. The lowest BCUT2D eigenvalue weighted by Gasteiger charge is -2.32. The van der Waals surface area contributed by atoms with Gasteiger partial charge in [-0.1, -0.05) is 66.8 Å². The Morgan fingerprint density at radius 3 is 1.21 bits per heavy atom. The number of nitrogens with one attached hydrogen (secondary N) is 4. The fourth-order valence-corrected chi connectivity index (χ4v) is 16.4. The number of methoxy groups -OCH3 is 2. The SMILES string of the molecule is C=C1CCc2cc(Nc3cc(N4CCC(C)CC4)c([N+](=O)[O-])cc3Cl)ccc2N1C.CC(=O)COc1cc2cc(Nc3nc(N4CCC(C)CC4)ncc3Cl)ccc2n(C)c1=O.COC1CCN(c2ncc(Cl)c(Nc3ccc4c(c3)cc(OCC(=O)N(C)C)c(=O)n4C)n2)CC1.COC1CCN(c2ncc(Cl)c(Nc3ccc4c(c3)cc(OCC(C)=O)c(=O)n4C)n2)CC1. The molecule has 0 unspecified atom stereocenters. The third-order valence-corrected chi connectivity index (χ3v) is 24.9. The van der Waals surface area contributed by atoms with Gasteiger partial charge in [0.1, 0.15) is 34.0 Å². The molecule has 1 amide bonds. The molecule has 0 radical (unpaired) electrons. The number of allylic oxidation sites excluding steroid dienone is 1. The van der Waals surface area contributed by atoms with Crippen LogP contribution in [0.15, 0.2) is 148 Å². The van der Waals surface area contributed by atoms with E-state index in [0.717, 1.165) is 183 Å². The minimum Gasteiger partial charge on any atom is -0.480 e. The average molecular weight is 1860 g/mol. The highest BCUT2D eigenvalue weighted by atomic mass is 35.5. The number of aryl methyl sites for hydroxylation is 4. The van der Waals surface area contributed by atoms with Crippen molar-refractivity contribution < 1.29 is 43.0 Å². The molecule has 0 saturated carbocycles. The molecular weight excluding hydrogens is 1750 g/mol. The Bertz CT molecular complexity index is 6230. The third-order valence-electron chi connectivity index (χ3n) is 23.7. The molecule has 0 spiro atoms. The molecule has 5 aromatic carbocycles. The fraction of sp³-hybridized carbons (Fsp3) is 0.398. The van der Waals surface area contributed by atoms with Gasteiger partial charge in [-0.05, 0) is 193 Å². The first-order valence-electron chi connectivity index (χ1n) is 43.0. The van der Waals surface area contributed by atoms with E-state index >= 15 is 0 Å². The minimum atomic E-state index is -0.343. The molecule has 16 rings (SSSR count). The summed E-state index contributed by atoms with van der Waals surface area (Å²) in [6.45, 7) is 17.6. The van der Waals surface area contributed by atoms with Gasteiger partial charge in [0.05, 0.1) is 63.0 Å². The van der Waals surface area contributed by atoms with E-state index in [2.05, 4.69) is 108 Å². The van der Waals surface area contributed by atoms with Gasteiger partial charge in [-0.3, -0.25) is 38.9 Å². The number of hydrogen-bond acceptors (Lipinski definition) is 28. The number of ketones is 2. The number of halogens is 4. The number of Topliss-reactive ketones (excluding diaryl/α,β-unsaturated/α-hetero) is 2. The molecule has 130 heavy (non-hydrogen) atoms. The number of nitro benzene ring substituents is 1. The highest BCUT2D eigenvalue weighted by Crippen LogP contribution is 2.42. The molecule has 0 aliphatic carbocycles. The highest BCUT2D eigenvalue weighted by Gasteiger charge is 2.29. The van der Waals surface area contributed by atoms with Gasteiger partial charge in [0.15, 0.2) is 52.9 Å². The number of hydrogen-bond donors (Lipinski definition) is 4. The first kappa shape index (κ1) is 95.2. The molecule has 4 fully saturated rings. The number of nitrogens with zero attached hydrogens (tertiary/aromatic N) is 16. The third kappa shape index (κ3) is 23.4. The number of aromatic nitrogens is 9. The fourth-order valence-electron chi connectivity index (χ4n) is 15.8. The van der Waals surface area contributed by atoms with Crippen LogP contribution in [0.1, 0.15) is 91.0 Å². The number of anilines is 13. The minimum absolute atomic E-state index is 0.0608. The van der Waals surface area contributed by atoms with Crippen LogP contribution < -0.4 is 76.7 Å². The Morgan fingerprint density at radius 2 is 0.838 bits per heavy atom. The summed E-state index contributed by atoms with van der Waals surface area (Å²) >= 11 is 25.6. The second-order valence-corrected chi connectivity index (χ2v) is 35.0. The number of pyridine rings is 3. The number of benzene rings is 5. The molecule has 33 nitrogen and oxygen atoms in total. The summed E-state index contributed by atoms with van der Waals surface area (Å²) in [5, 5.41) is 28.7. The maximum Gasteiger partial charge on any atom is 0.294 e. The van der Waals surface area contributed by atoms with Crippen molar-refractivity contribution in [1.29, 1.82) is 0 Å². The van der Waals surface area contributed by atoms with E-state index in [4.69, 9.17) is 70.1 Å². The molecule has 6 aromatic heterocycles. The predicted molar refractivity (Wildman–Crippen MR) is 514 cm³/mol. The van der Waals surface area contributed by atoms with Crippen LogP contribution in [0, 0.1) is 22.0 Å². The molecule has 4 saturated heterocycles. The van der Waals surface area contributed by atoms with Crippen LogP contribution in [0.4, 0.5) is 80.8 Å². The lowest BCUT2D eigenvalue weighted by molar-refractivity contribution is -0.384. The molecule has 0 bridgehead atoms. The number of piperidine rings is 4. The van der Waals surface area contributed by atoms with Gasteiger partial charge < -0.3 is 88.1 Å². The number of amides is 1. The lowest BCUT2D eigenvalue weighted by Crippen LogP contribution is -2.37. The summed E-state index contributed by atoms with van der Waals surface area (Å²) in [6, 6.07) is 31.1. The zero-order valence-electron chi connectivity index (χ0n) is 74.9. The van der Waals surface area contributed by atoms with Crippen molar-refractivity contribution in [1.82, 2.24) is 48.5 Å². The second kappa shape index (κ2) is 42.9. The summed E-state index contributed by atoms with van der Waals surface area (Å²) < 4.78 is 31.7. The van der Waals surface area contributed by atoms with Crippen molar-refractivity contribution in [2.75, 3.05) is 153 Å². The topological polar surface area (TPSA) is 351 Å². The number of carbonyl (C=O) groups is 3. The standard InChI is InChI=1S/C24H29ClN6O4.C23H26ClN5O4.C23H26ClN5O3.C23H27ClN4O2/c1-29(2)21(32)14-35-20-12-15-11-16(5-6-19(15)30(3)23(20)33)27-22-18(25)13-26-24(28-22)31-9-7-17(34-4)8-10-31;1-14(30)13-33-20-11-15-10-16(4-5-19(15)28(2)22(20)31)26-21-18(24)12-25-23(27-21)29-8-6-17(32-3)7-9-29;1-14-6-8-29(9-7-14)23-25-12-18(24)21(27-23)26-17-4-5-19-16(10-17)11-20(22(31)28(19)3)32-13-15(2)30;1-15-8-10-27(11-9-15)22-14-20(19(24)13-23(22)28(29)30)25-18-6-7-21-17(12-18)5-4-16(2)26(21)3/h5-6,11-13,17H,7-10,14H2,1-4H3,(H,26,27,28);4-5,10-12,17H,6-9,13H2,1-3H3,(H,25,26,27);4-5,10-12,14H,6-9,13H2,1-3H3,(H,25,26,27);6-7,12-15,25H,2,4-5,8-11H2,1,3H3. The molecule has 37 heteroatoms. The molecule has 686 valence electrons. The summed E-state index contributed by atoms with van der Waals surface area (Å²) in [5.41, 5.74) is 9.34. The highest BCUT2D eigenvalue weighted by molar-refractivity contribution is 6.34. The molecule has 11 heterocycles. The van der Waals surface area contributed by atoms with Crippen LogP contribution in [-0.4, -0.2) is 191 Å². The number of nitro groups is 1. The van der Waals surface area contributed by atoms with Crippen molar-refractivity contribution in [3.05, 3.63) is 201 Å². The van der Waals surface area contributed by atoms with E-state index in [1.165, 1.54) is 44.1 Å². The van der Waals surface area contributed by atoms with E-state index < -0.39 is 0 Å². The van der Waals surface area contributed by atoms with E-state index in [1.807, 2.05) is 73.8 Å². The first-order chi connectivity index (χ1) is 62.3. The van der Waals surface area contributed by atoms with Crippen molar-refractivity contribution >= 4 is 177 Å². The van der Waals surface area contributed by atoms with Gasteiger partial charge in [-0.25, -0.2) is 15.0 Å². The largest absolute Gasteiger partial charge is 0.480 e. The van der Waals surface area contributed by atoms with Crippen LogP contribution in [0.5, 0.6) is 17.2 Å². The summed E-state index contributed by atoms with van der Waals surface area (Å²) in [5.74, 6) is 4.56. The molecular formula is C93H108Cl4N20O13. The van der Waals surface area contributed by atoms with Crippen LogP contribution in [-0.2, 0) is 51.4 Å². The Morgan fingerprint density at radius 1 is 0.477 bits per heavy atom. The van der Waals surface area contributed by atoms with Crippen LogP contribution in [0.3, 0.4) is 0 Å². The van der Waals surface area contributed by atoms with Crippen molar-refractivity contribution in [3.63, 3.8) is 0 Å². The number of rotatable bonds is 24. The van der Waals surface area contributed by atoms with Gasteiger partial charge in [0.2, 0.25) is 17.8 Å². The zero-order chi connectivity index (χ0) is 92.9. The monoisotopic (exact) mass is 1850 g/mol. The van der Waals surface area contributed by atoms with E-state index in [-0.39, 0.29) is 94.0 Å². The molecule has 5 aliphatic rings. The molecule has 0 atom stereocenters. The van der Waals surface area contributed by atoms with Crippen molar-refractivity contribution in [2.45, 2.75) is 104 Å². The number of fused-ring (bicyclic) bond motifs is 4. The lowest BCUT2D eigenvalue weighted by atomic mass is 9.98. The molecule has 5 aliphatic heterocycles. The normalized spacial score (nSPS) is 15.0. The zero-order valence-corrected chi connectivity index (χ0v) is 77.9. The quantitative estimate of drug-likeness (QED) is 0.0322. The maximum atomic E-state index is 12.7.